The van der Waals surface area contributed by atoms with Gasteiger partial charge in [0.05, 0.1) is 6.54 Å². The van der Waals surface area contributed by atoms with Crippen molar-refractivity contribution in [3.05, 3.63) is 59.2 Å². The fraction of sp³-hybridized carbons (Fsp3) is 0.610. The highest BCUT2D eigenvalue weighted by Crippen LogP contribution is 2.09. The summed E-state index contributed by atoms with van der Waals surface area (Å²) in [6, 6.07) is 5.41. The highest BCUT2D eigenvalue weighted by atomic mass is 32.2. The van der Waals surface area contributed by atoms with Crippen LogP contribution in [0, 0.1) is 0 Å². The number of carbonyl (C=O) groups is 6. The fourth-order valence-electron chi connectivity index (χ4n) is 4.95. The number of Topliss-reactive ketones (excluding diaryl/α,β-unsaturated/α-hetero) is 1. The minimum Gasteiger partial charge on any atom is -0.480 e. The van der Waals surface area contributed by atoms with Gasteiger partial charge < -0.3 is 31.7 Å². The Balaban J connectivity index is 0.00000274. The number of allylic oxidation sites excluding steroid dienone is 4. The first-order valence-corrected chi connectivity index (χ1v) is 20.8. The Hall–Kier alpha value is -3.97. The molecule has 1 aliphatic rings. The number of rotatable bonds is 24. The normalized spacial score (nSPS) is 12.8. The molecule has 0 aliphatic heterocycles. The number of carboxylic acid groups (broad SMARTS) is 1. The number of hydrogen-bond acceptors (Lipinski definition) is 8. The van der Waals surface area contributed by atoms with Crippen LogP contribution in [0.1, 0.15) is 128 Å². The largest absolute Gasteiger partial charge is 0.480 e. The molecule has 13 heteroatoms. The maximum Gasteiger partial charge on any atom is 0.326 e. The number of carboxylic acids is 1. The minimum absolute atomic E-state index is 0.114. The molecule has 2 atom stereocenters. The summed E-state index contributed by atoms with van der Waals surface area (Å²) < 4.78 is 0. The molecule has 1 aromatic carbocycles. The second kappa shape index (κ2) is 31.4. The Morgan fingerprint density at radius 3 is 2.07 bits per heavy atom. The summed E-state index contributed by atoms with van der Waals surface area (Å²) in [7, 11) is 0. The van der Waals surface area contributed by atoms with Crippen LogP contribution in [0.25, 0.3) is 0 Å². The van der Waals surface area contributed by atoms with E-state index < -0.39 is 42.3 Å². The van der Waals surface area contributed by atoms with E-state index in [0.717, 1.165) is 5.56 Å². The summed E-state index contributed by atoms with van der Waals surface area (Å²) in [6.45, 7) is 12.7. The Kier molecular flexibility index (Phi) is 29.1. The summed E-state index contributed by atoms with van der Waals surface area (Å²) in [5, 5.41) is 23.3. The highest BCUT2D eigenvalue weighted by Gasteiger charge is 2.24. The monoisotopic (exact) mass is 773 g/mol. The van der Waals surface area contributed by atoms with Gasteiger partial charge in [0.1, 0.15) is 17.9 Å². The summed E-state index contributed by atoms with van der Waals surface area (Å²) in [5.74, 6) is -2.13. The molecule has 0 heterocycles. The number of carbonyl (C=O) groups excluding carboxylic acids is 5. The van der Waals surface area contributed by atoms with Gasteiger partial charge in [-0.1, -0.05) is 70.6 Å². The van der Waals surface area contributed by atoms with Crippen molar-refractivity contribution in [2.75, 3.05) is 25.1 Å². The molecule has 0 aromatic heterocycles. The predicted octanol–water partition coefficient (Wildman–Crippen LogP) is 5.86. The zero-order valence-corrected chi connectivity index (χ0v) is 34.5. The van der Waals surface area contributed by atoms with Crippen LogP contribution in [0.15, 0.2) is 48.1 Å². The molecule has 2 unspecified atom stereocenters. The summed E-state index contributed by atoms with van der Waals surface area (Å²) in [6.07, 6.45) is 15.1. The molecule has 0 saturated heterocycles. The van der Waals surface area contributed by atoms with E-state index in [9.17, 15) is 33.9 Å². The van der Waals surface area contributed by atoms with Crippen LogP contribution in [0.5, 0.6) is 0 Å². The molecule has 0 fully saturated rings. The summed E-state index contributed by atoms with van der Waals surface area (Å²) in [5.41, 5.74) is 2.84. The summed E-state index contributed by atoms with van der Waals surface area (Å²) >= 11 is 1.52. The quantitative estimate of drug-likeness (QED) is 0.0702. The molecule has 0 spiro atoms. The molecule has 2 rings (SSSR count). The van der Waals surface area contributed by atoms with Gasteiger partial charge in [0.25, 0.3) is 5.91 Å². The number of unbranched alkanes of at least 4 members (excludes halogenated alkanes) is 2. The molecular weight excluding hydrogens is 707 g/mol. The van der Waals surface area contributed by atoms with E-state index in [1.807, 2.05) is 53.0 Å². The van der Waals surface area contributed by atoms with E-state index in [-0.39, 0.29) is 18.1 Å². The molecule has 0 radical (unpaired) electrons. The lowest BCUT2D eigenvalue weighted by molar-refractivity contribution is -0.142. The van der Waals surface area contributed by atoms with Gasteiger partial charge in [-0.25, -0.2) is 4.79 Å². The highest BCUT2D eigenvalue weighted by molar-refractivity contribution is 7.98. The third kappa shape index (κ3) is 25.1. The van der Waals surface area contributed by atoms with Crippen molar-refractivity contribution in [3.63, 3.8) is 0 Å². The second-order valence-electron chi connectivity index (χ2n) is 13.1. The number of nitrogens with one attached hydrogen (secondary N) is 5. The number of benzene rings is 1. The van der Waals surface area contributed by atoms with E-state index in [0.29, 0.717) is 81.8 Å². The van der Waals surface area contributed by atoms with Gasteiger partial charge in [-0.15, -0.1) is 0 Å². The van der Waals surface area contributed by atoms with Crippen molar-refractivity contribution in [1.82, 2.24) is 26.6 Å². The standard InChI is InChI=1S/C32H51N5O7S.C7H10.C2H6/c1-5-25(38)10-6-7-12-28(39)33-18-9-8-11-27(32(43)44)36-29(40)21-35-31(42)26(17-19-45-4)37-30(41)24-15-13-23(14-16-24)20-34-22(2)3;1-7-5-3-2-4-6-7;1-2/h13-16,22,26-27,34H,5-12,17-21H2,1-4H3,(H,33,39)(H,35,42)(H,36,40)(H,37,41)(H,43,44);3,5-6H,2,4H2,1H3;1-2H3. The van der Waals surface area contributed by atoms with E-state index in [2.05, 4.69) is 51.7 Å². The van der Waals surface area contributed by atoms with Crippen LogP contribution in [0.2, 0.25) is 0 Å². The van der Waals surface area contributed by atoms with Crippen molar-refractivity contribution >= 4 is 47.1 Å². The Morgan fingerprint density at radius 1 is 0.833 bits per heavy atom. The number of ketones is 1. The van der Waals surface area contributed by atoms with Gasteiger partial charge in [0, 0.05) is 44.0 Å². The van der Waals surface area contributed by atoms with Crippen LogP contribution in [0.4, 0.5) is 0 Å². The molecule has 4 amide bonds. The predicted molar refractivity (Wildman–Crippen MR) is 219 cm³/mol. The van der Waals surface area contributed by atoms with E-state index in [1.165, 1.54) is 30.2 Å². The van der Waals surface area contributed by atoms with Crippen LogP contribution < -0.4 is 26.6 Å². The number of thioether (sulfide) groups is 1. The molecule has 54 heavy (non-hydrogen) atoms. The molecule has 1 aliphatic carbocycles. The van der Waals surface area contributed by atoms with Gasteiger partial charge in [0.15, 0.2) is 0 Å². The van der Waals surface area contributed by atoms with Crippen LogP contribution in [-0.4, -0.2) is 83.7 Å². The van der Waals surface area contributed by atoms with Crippen molar-refractivity contribution in [2.45, 2.75) is 137 Å². The number of aliphatic carboxylic acids is 1. The average molecular weight is 774 g/mol. The third-order valence-electron chi connectivity index (χ3n) is 8.15. The van der Waals surface area contributed by atoms with Gasteiger partial charge >= 0.3 is 5.97 Å². The zero-order chi connectivity index (χ0) is 40.7. The smallest absolute Gasteiger partial charge is 0.326 e. The summed E-state index contributed by atoms with van der Waals surface area (Å²) in [4.78, 5) is 73.1. The van der Waals surface area contributed by atoms with E-state index in [4.69, 9.17) is 0 Å². The topological polar surface area (TPSA) is 183 Å². The van der Waals surface area contributed by atoms with Crippen LogP contribution in [0.3, 0.4) is 0 Å². The van der Waals surface area contributed by atoms with Crippen molar-refractivity contribution in [1.29, 1.82) is 0 Å². The molecule has 0 saturated carbocycles. The Labute approximate surface area is 327 Å². The van der Waals surface area contributed by atoms with E-state index in [1.54, 1.807) is 12.1 Å². The second-order valence-corrected chi connectivity index (χ2v) is 14.1. The SMILES string of the molecule is CC.CC1=CCCC=C1.CCC(=O)CCCCC(=O)NCCCCC(NC(=O)CNC(=O)C(CCSC)NC(=O)c1ccc(CNC(C)C)cc1)C(=O)O. The van der Waals surface area contributed by atoms with Crippen molar-refractivity contribution in [3.8, 4) is 0 Å². The molecule has 304 valence electrons. The Morgan fingerprint density at radius 2 is 1.52 bits per heavy atom. The minimum atomic E-state index is -1.20. The first-order chi connectivity index (χ1) is 25.9. The average Bonchev–Trinajstić information content (AvgIpc) is 3.16. The van der Waals surface area contributed by atoms with Gasteiger partial charge in [-0.3, -0.25) is 24.0 Å². The molecule has 1 aromatic rings. The first kappa shape index (κ1) is 50.0. The van der Waals surface area contributed by atoms with Gasteiger partial charge in [0.2, 0.25) is 17.7 Å². The van der Waals surface area contributed by atoms with Crippen molar-refractivity contribution in [2.24, 2.45) is 0 Å². The maximum atomic E-state index is 12.9. The molecule has 0 bridgehead atoms. The number of hydrogen-bond donors (Lipinski definition) is 6. The Bertz CT molecular complexity index is 1330. The van der Waals surface area contributed by atoms with Crippen LogP contribution >= 0.6 is 11.8 Å². The van der Waals surface area contributed by atoms with Crippen LogP contribution in [-0.2, 0) is 30.5 Å². The zero-order valence-electron chi connectivity index (χ0n) is 33.7. The van der Waals surface area contributed by atoms with Gasteiger partial charge in [-0.2, -0.15) is 11.8 Å². The third-order valence-corrected chi connectivity index (χ3v) is 8.79. The molecular formula is C41H67N5O7S. The maximum absolute atomic E-state index is 12.9. The first-order valence-electron chi connectivity index (χ1n) is 19.4. The fourth-order valence-corrected chi connectivity index (χ4v) is 5.43. The molecule has 12 nitrogen and oxygen atoms in total. The van der Waals surface area contributed by atoms with Crippen molar-refractivity contribution < 1.29 is 33.9 Å². The lowest BCUT2D eigenvalue weighted by atomic mass is 10.1. The molecule has 6 N–H and O–H groups in total. The van der Waals surface area contributed by atoms with Gasteiger partial charge in [-0.05, 0) is 88.0 Å². The lowest BCUT2D eigenvalue weighted by Gasteiger charge is -2.19. The number of amides is 4. The lowest BCUT2D eigenvalue weighted by Crippen LogP contribution is -2.51. The van der Waals surface area contributed by atoms with E-state index >= 15 is 0 Å².